The second-order valence-corrected chi connectivity index (χ2v) is 6.99. The highest BCUT2D eigenvalue weighted by molar-refractivity contribution is 6.07. The van der Waals surface area contributed by atoms with Crippen LogP contribution in [-0.2, 0) is 4.79 Å². The van der Waals surface area contributed by atoms with Crippen molar-refractivity contribution in [3.63, 3.8) is 0 Å². The monoisotopic (exact) mass is 393 g/mol. The predicted molar refractivity (Wildman–Crippen MR) is 120 cm³/mol. The first-order valence-electron chi connectivity index (χ1n) is 9.72. The number of fused-ring (bicyclic) bond motifs is 3. The Morgan fingerprint density at radius 1 is 0.767 bits per heavy atom. The third-order valence-electron chi connectivity index (χ3n) is 5.01. The first kappa shape index (κ1) is 17.9. The number of nitrogens with one attached hydrogen (secondary N) is 2. The summed E-state index contributed by atoms with van der Waals surface area (Å²) in [5, 5.41) is 4.08. The van der Waals surface area contributed by atoms with Crippen molar-refractivity contribution in [1.82, 2.24) is 10.4 Å². The molecule has 0 radical (unpaired) electrons. The topological polar surface area (TPSA) is 63.2 Å². The number of anilines is 1. The van der Waals surface area contributed by atoms with Crippen LogP contribution in [0.25, 0.3) is 32.6 Å². The van der Waals surface area contributed by atoms with Gasteiger partial charge in [-0.15, -0.1) is 0 Å². The van der Waals surface area contributed by atoms with E-state index in [4.69, 9.17) is 4.74 Å². The van der Waals surface area contributed by atoms with Gasteiger partial charge in [0.2, 0.25) is 0 Å². The SMILES string of the molecule is O=C(COc1ccc2ccccc2c1)NNc1c2ccccc2nc2ccccc12. The molecule has 0 aliphatic carbocycles. The molecule has 0 bridgehead atoms. The van der Waals surface area contributed by atoms with Crippen molar-refractivity contribution in [3.8, 4) is 5.75 Å². The van der Waals surface area contributed by atoms with Crippen LogP contribution < -0.4 is 15.6 Å². The molecule has 5 aromatic rings. The molecule has 2 N–H and O–H groups in total. The molecular formula is C25H19N3O2. The summed E-state index contributed by atoms with van der Waals surface area (Å²) in [5.41, 5.74) is 8.36. The number of amides is 1. The normalized spacial score (nSPS) is 10.9. The number of para-hydroxylation sites is 2. The van der Waals surface area contributed by atoms with Gasteiger partial charge >= 0.3 is 0 Å². The highest BCUT2D eigenvalue weighted by atomic mass is 16.5. The van der Waals surface area contributed by atoms with E-state index >= 15 is 0 Å². The van der Waals surface area contributed by atoms with Gasteiger partial charge in [0.15, 0.2) is 6.61 Å². The Labute approximate surface area is 173 Å². The maximum Gasteiger partial charge on any atom is 0.276 e. The van der Waals surface area contributed by atoms with Crippen LogP contribution in [0.2, 0.25) is 0 Å². The standard InChI is InChI=1S/C25H19N3O2/c29-24(16-30-19-14-13-17-7-1-2-8-18(17)15-19)27-28-25-20-9-3-5-11-22(20)26-23-12-6-4-10-21(23)25/h1-15H,16H2,(H,26,28)(H,27,29). The molecule has 5 rings (SSSR count). The van der Waals surface area contributed by atoms with Gasteiger partial charge in [0.05, 0.1) is 16.7 Å². The Morgan fingerprint density at radius 2 is 1.40 bits per heavy atom. The van der Waals surface area contributed by atoms with Gasteiger partial charge in [-0.05, 0) is 35.0 Å². The molecule has 1 heterocycles. The molecule has 0 saturated heterocycles. The van der Waals surface area contributed by atoms with E-state index in [1.807, 2.05) is 91.0 Å². The molecule has 5 nitrogen and oxygen atoms in total. The molecule has 0 spiro atoms. The third kappa shape index (κ3) is 3.49. The van der Waals surface area contributed by atoms with Gasteiger partial charge in [-0.2, -0.15) is 0 Å². The van der Waals surface area contributed by atoms with E-state index in [9.17, 15) is 4.79 Å². The Kier molecular flexibility index (Phi) is 4.62. The lowest BCUT2D eigenvalue weighted by atomic mass is 10.1. The zero-order valence-electron chi connectivity index (χ0n) is 16.1. The number of hydrazine groups is 1. The van der Waals surface area contributed by atoms with E-state index in [1.54, 1.807) is 0 Å². The summed E-state index contributed by atoms with van der Waals surface area (Å²) in [6.07, 6.45) is 0. The number of pyridine rings is 1. The molecule has 0 saturated carbocycles. The second-order valence-electron chi connectivity index (χ2n) is 6.99. The summed E-state index contributed by atoms with van der Waals surface area (Å²) in [5.74, 6) is 0.386. The molecule has 146 valence electrons. The lowest BCUT2D eigenvalue weighted by Crippen LogP contribution is -2.33. The Morgan fingerprint density at radius 3 is 2.13 bits per heavy atom. The molecule has 0 aliphatic heterocycles. The molecular weight excluding hydrogens is 374 g/mol. The van der Waals surface area contributed by atoms with Crippen LogP contribution in [0.5, 0.6) is 5.75 Å². The average Bonchev–Trinajstić information content (AvgIpc) is 2.80. The van der Waals surface area contributed by atoms with Crippen molar-refractivity contribution < 1.29 is 9.53 Å². The van der Waals surface area contributed by atoms with Crippen molar-refractivity contribution in [1.29, 1.82) is 0 Å². The Hall–Kier alpha value is -4.12. The summed E-state index contributed by atoms with van der Waals surface area (Å²) < 4.78 is 5.67. The number of carbonyl (C=O) groups is 1. The van der Waals surface area contributed by atoms with Crippen molar-refractivity contribution >= 4 is 44.2 Å². The van der Waals surface area contributed by atoms with E-state index in [-0.39, 0.29) is 12.5 Å². The number of nitrogens with zero attached hydrogens (tertiary/aromatic N) is 1. The largest absolute Gasteiger partial charge is 0.484 e. The number of hydrogen-bond donors (Lipinski definition) is 2. The minimum absolute atomic E-state index is 0.0910. The molecule has 0 aliphatic rings. The van der Waals surface area contributed by atoms with Crippen molar-refractivity contribution in [2.45, 2.75) is 0 Å². The first-order chi connectivity index (χ1) is 14.8. The van der Waals surface area contributed by atoms with E-state index in [0.29, 0.717) is 5.75 Å². The van der Waals surface area contributed by atoms with Crippen molar-refractivity contribution in [2.24, 2.45) is 0 Å². The van der Waals surface area contributed by atoms with Crippen LogP contribution in [0.4, 0.5) is 5.69 Å². The Balaban J connectivity index is 1.32. The highest BCUT2D eigenvalue weighted by Gasteiger charge is 2.10. The number of hydrogen-bond acceptors (Lipinski definition) is 4. The van der Waals surface area contributed by atoms with Crippen LogP contribution >= 0.6 is 0 Å². The van der Waals surface area contributed by atoms with Crippen LogP contribution in [0.1, 0.15) is 0 Å². The number of rotatable bonds is 5. The lowest BCUT2D eigenvalue weighted by Gasteiger charge is -2.14. The summed E-state index contributed by atoms with van der Waals surface area (Å²) in [6.45, 7) is -0.0910. The fraction of sp³-hybridized carbons (Fsp3) is 0.0400. The lowest BCUT2D eigenvalue weighted by molar-refractivity contribution is -0.122. The highest BCUT2D eigenvalue weighted by Crippen LogP contribution is 2.30. The summed E-state index contributed by atoms with van der Waals surface area (Å²) in [4.78, 5) is 17.1. The van der Waals surface area contributed by atoms with Crippen molar-refractivity contribution in [2.75, 3.05) is 12.0 Å². The van der Waals surface area contributed by atoms with Gasteiger partial charge in [0.25, 0.3) is 5.91 Å². The number of aromatic nitrogens is 1. The first-order valence-corrected chi connectivity index (χ1v) is 9.72. The average molecular weight is 393 g/mol. The number of ether oxygens (including phenoxy) is 1. The zero-order chi connectivity index (χ0) is 20.3. The smallest absolute Gasteiger partial charge is 0.276 e. The molecule has 5 heteroatoms. The number of benzene rings is 4. The van der Waals surface area contributed by atoms with Gasteiger partial charge in [-0.25, -0.2) is 4.98 Å². The minimum Gasteiger partial charge on any atom is -0.484 e. The Bertz CT molecular complexity index is 1330. The molecule has 0 fully saturated rings. The van der Waals surface area contributed by atoms with E-state index < -0.39 is 0 Å². The molecule has 1 amide bonds. The van der Waals surface area contributed by atoms with Crippen LogP contribution in [0.3, 0.4) is 0 Å². The van der Waals surface area contributed by atoms with Gasteiger partial charge in [0.1, 0.15) is 5.75 Å². The molecule has 1 aromatic heterocycles. The third-order valence-corrected chi connectivity index (χ3v) is 5.01. The van der Waals surface area contributed by atoms with E-state index in [1.165, 1.54) is 0 Å². The maximum absolute atomic E-state index is 12.4. The van der Waals surface area contributed by atoms with Gasteiger partial charge in [0, 0.05) is 10.8 Å². The fourth-order valence-corrected chi connectivity index (χ4v) is 3.55. The van der Waals surface area contributed by atoms with E-state index in [2.05, 4.69) is 15.8 Å². The second kappa shape index (κ2) is 7.72. The van der Waals surface area contributed by atoms with E-state index in [0.717, 1.165) is 38.3 Å². The number of carbonyl (C=O) groups excluding carboxylic acids is 1. The summed E-state index contributed by atoms with van der Waals surface area (Å²) >= 11 is 0. The van der Waals surface area contributed by atoms with Crippen LogP contribution in [-0.4, -0.2) is 17.5 Å². The quantitative estimate of drug-likeness (QED) is 0.323. The predicted octanol–water partition coefficient (Wildman–Crippen LogP) is 5.06. The minimum atomic E-state index is -0.270. The molecule has 0 atom stereocenters. The van der Waals surface area contributed by atoms with Gasteiger partial charge < -0.3 is 4.74 Å². The zero-order valence-corrected chi connectivity index (χ0v) is 16.1. The summed E-state index contributed by atoms with van der Waals surface area (Å²) in [7, 11) is 0. The summed E-state index contributed by atoms with van der Waals surface area (Å²) in [6, 6.07) is 29.5. The van der Waals surface area contributed by atoms with Gasteiger partial charge in [-0.1, -0.05) is 66.7 Å². The molecule has 30 heavy (non-hydrogen) atoms. The van der Waals surface area contributed by atoms with Gasteiger partial charge in [-0.3, -0.25) is 15.6 Å². The maximum atomic E-state index is 12.4. The fourth-order valence-electron chi connectivity index (χ4n) is 3.55. The van der Waals surface area contributed by atoms with Crippen molar-refractivity contribution in [3.05, 3.63) is 91.0 Å². The molecule has 4 aromatic carbocycles. The molecule has 0 unspecified atom stereocenters. The van der Waals surface area contributed by atoms with Crippen LogP contribution in [0.15, 0.2) is 91.0 Å². The van der Waals surface area contributed by atoms with Crippen LogP contribution in [0, 0.1) is 0 Å².